The maximum Gasteiger partial charge on any atom is 0.397 e. The lowest BCUT2D eigenvalue weighted by Crippen LogP contribution is -2.35. The largest absolute Gasteiger partial charge is 0.397 e. The van der Waals surface area contributed by atoms with Gasteiger partial charge in [-0.15, -0.1) is 0 Å². The molecule has 1 aliphatic heterocycles. The van der Waals surface area contributed by atoms with Crippen molar-refractivity contribution >= 4 is 28.0 Å². The topological polar surface area (TPSA) is 118 Å². The van der Waals surface area contributed by atoms with Gasteiger partial charge in [0, 0.05) is 12.8 Å². The number of allylic oxidation sites excluding steroid dienone is 2. The van der Waals surface area contributed by atoms with Crippen LogP contribution >= 0.6 is 0 Å². The molecule has 0 saturated carbocycles. The van der Waals surface area contributed by atoms with Gasteiger partial charge in [-0.05, 0) is 32.1 Å². The first-order valence-electron chi connectivity index (χ1n) is 9.27. The van der Waals surface area contributed by atoms with Crippen LogP contribution in [0.15, 0.2) is 12.2 Å². The van der Waals surface area contributed by atoms with Gasteiger partial charge in [-0.1, -0.05) is 31.9 Å². The van der Waals surface area contributed by atoms with E-state index in [1.165, 1.54) is 6.92 Å². The number of hydrogen-bond acceptors (Lipinski definition) is 6. The second-order valence-electron chi connectivity index (χ2n) is 6.77. The Labute approximate surface area is 160 Å². The van der Waals surface area contributed by atoms with E-state index in [1.807, 2.05) is 12.2 Å². The van der Waals surface area contributed by atoms with Crippen LogP contribution in [0, 0.1) is 11.8 Å². The smallest absolute Gasteiger partial charge is 0.300 e. The molecule has 1 heterocycles. The maximum absolute atomic E-state index is 12.6. The number of carbonyl (C=O) groups is 3. The highest BCUT2D eigenvalue weighted by atomic mass is 32.3. The lowest BCUT2D eigenvalue weighted by atomic mass is 9.85. The van der Waals surface area contributed by atoms with E-state index in [4.69, 9.17) is 4.55 Å². The molecule has 2 unspecified atom stereocenters. The number of carbonyl (C=O) groups excluding carboxylic acids is 3. The van der Waals surface area contributed by atoms with Crippen LogP contribution in [0.3, 0.4) is 0 Å². The number of likely N-dealkylation sites (tertiary alicyclic amines) is 1. The van der Waals surface area contributed by atoms with Crippen LogP contribution in [0.1, 0.15) is 58.8 Å². The number of hydrogen-bond donors (Lipinski definition) is 1. The fraction of sp³-hybridized carbons (Fsp3) is 0.722. The summed E-state index contributed by atoms with van der Waals surface area (Å²) in [6.45, 7) is 2.90. The van der Waals surface area contributed by atoms with E-state index < -0.39 is 22.9 Å². The zero-order chi connectivity index (χ0) is 20.4. The summed E-state index contributed by atoms with van der Waals surface area (Å²) in [5.74, 6) is -1.34. The van der Waals surface area contributed by atoms with Crippen molar-refractivity contribution in [2.24, 2.45) is 11.8 Å². The van der Waals surface area contributed by atoms with Gasteiger partial charge >= 0.3 is 10.4 Å². The lowest BCUT2D eigenvalue weighted by molar-refractivity contribution is -0.140. The standard InChI is InChI=1S/C18H29NO7S/c1-3-4-5-6-9-15(10-7-8-14(2)20)16-13-17(21)19(18(16)22)11-12-26-27(23,24)25/h6,9,15-16H,3-5,7-8,10-13H2,1-2H3,(H,23,24,25)/b9-6-. The molecule has 0 radical (unpaired) electrons. The van der Waals surface area contributed by atoms with Gasteiger partial charge in [-0.2, -0.15) is 8.42 Å². The molecule has 0 aromatic carbocycles. The highest BCUT2D eigenvalue weighted by molar-refractivity contribution is 7.80. The molecule has 2 amide bonds. The molecule has 154 valence electrons. The summed E-state index contributed by atoms with van der Waals surface area (Å²) >= 11 is 0. The molecular formula is C18H29NO7S. The molecule has 0 aliphatic carbocycles. The Balaban J connectivity index is 2.75. The molecule has 2 atom stereocenters. The molecule has 1 aliphatic rings. The van der Waals surface area contributed by atoms with Crippen LogP contribution in [0.4, 0.5) is 0 Å². The van der Waals surface area contributed by atoms with Crippen molar-refractivity contribution in [1.82, 2.24) is 4.90 Å². The molecular weight excluding hydrogens is 374 g/mol. The monoisotopic (exact) mass is 403 g/mol. The fourth-order valence-electron chi connectivity index (χ4n) is 3.12. The van der Waals surface area contributed by atoms with E-state index in [-0.39, 0.29) is 36.5 Å². The van der Waals surface area contributed by atoms with Gasteiger partial charge in [-0.25, -0.2) is 4.18 Å². The van der Waals surface area contributed by atoms with Gasteiger partial charge < -0.3 is 4.79 Å². The normalized spacial score (nSPS) is 19.2. The van der Waals surface area contributed by atoms with Crippen molar-refractivity contribution in [3.8, 4) is 0 Å². The SMILES string of the molecule is CCCC/C=C\C(CCCC(C)=O)C1CC(=O)N(CCOS(=O)(=O)O)C1=O. The van der Waals surface area contributed by atoms with Gasteiger partial charge in [0.2, 0.25) is 11.8 Å². The molecule has 0 spiro atoms. The molecule has 1 N–H and O–H groups in total. The van der Waals surface area contributed by atoms with Crippen LogP contribution in [-0.2, 0) is 29.0 Å². The summed E-state index contributed by atoms with van der Waals surface area (Å²) in [6, 6.07) is 0. The number of ketones is 1. The predicted octanol–water partition coefficient (Wildman–Crippen LogP) is 2.30. The van der Waals surface area contributed by atoms with Gasteiger partial charge in [0.15, 0.2) is 0 Å². The van der Waals surface area contributed by atoms with Crippen molar-refractivity contribution in [2.45, 2.75) is 58.8 Å². The van der Waals surface area contributed by atoms with E-state index in [0.29, 0.717) is 19.3 Å². The number of amides is 2. The Morgan fingerprint density at radius 1 is 1.37 bits per heavy atom. The molecule has 0 bridgehead atoms. The Hall–Kier alpha value is -1.58. The highest BCUT2D eigenvalue weighted by Crippen LogP contribution is 2.31. The number of rotatable bonds is 13. The van der Waals surface area contributed by atoms with Crippen molar-refractivity contribution in [3.63, 3.8) is 0 Å². The van der Waals surface area contributed by atoms with Crippen LogP contribution in [0.5, 0.6) is 0 Å². The van der Waals surface area contributed by atoms with Gasteiger partial charge in [-0.3, -0.25) is 19.0 Å². The number of nitrogens with zero attached hydrogens (tertiary/aromatic N) is 1. The van der Waals surface area contributed by atoms with Crippen molar-refractivity contribution in [1.29, 1.82) is 0 Å². The summed E-state index contributed by atoms with van der Waals surface area (Å²) in [7, 11) is -4.61. The van der Waals surface area contributed by atoms with E-state index >= 15 is 0 Å². The van der Waals surface area contributed by atoms with Gasteiger partial charge in [0.25, 0.3) is 0 Å². The maximum atomic E-state index is 12.6. The van der Waals surface area contributed by atoms with Crippen LogP contribution in [-0.4, -0.2) is 48.6 Å². The molecule has 1 rings (SSSR count). The number of Topliss-reactive ketones (excluding diaryl/α,β-unsaturated/α-hetero) is 1. The summed E-state index contributed by atoms with van der Waals surface area (Å²) in [6.07, 6.45) is 8.71. The second kappa shape index (κ2) is 11.3. The zero-order valence-corrected chi connectivity index (χ0v) is 16.7. The van der Waals surface area contributed by atoms with Crippen molar-refractivity contribution in [3.05, 3.63) is 12.2 Å². The van der Waals surface area contributed by atoms with Gasteiger partial charge in [0.05, 0.1) is 19.1 Å². The average Bonchev–Trinajstić information content (AvgIpc) is 2.83. The Kier molecular flexibility index (Phi) is 9.82. The Morgan fingerprint density at radius 2 is 2.07 bits per heavy atom. The van der Waals surface area contributed by atoms with Crippen molar-refractivity contribution < 1.29 is 31.5 Å². The molecule has 0 aromatic rings. The van der Waals surface area contributed by atoms with E-state index in [9.17, 15) is 22.8 Å². The summed E-state index contributed by atoms with van der Waals surface area (Å²) in [4.78, 5) is 37.0. The number of imide groups is 1. The minimum absolute atomic E-state index is 0.0492. The minimum atomic E-state index is -4.61. The fourth-order valence-corrected chi connectivity index (χ4v) is 3.41. The van der Waals surface area contributed by atoms with Crippen molar-refractivity contribution in [2.75, 3.05) is 13.2 Å². The molecule has 1 fully saturated rings. The van der Waals surface area contributed by atoms with Crippen LogP contribution in [0.2, 0.25) is 0 Å². The first-order valence-corrected chi connectivity index (χ1v) is 10.6. The molecule has 27 heavy (non-hydrogen) atoms. The highest BCUT2D eigenvalue weighted by Gasteiger charge is 2.41. The quantitative estimate of drug-likeness (QED) is 0.217. The van der Waals surface area contributed by atoms with E-state index in [0.717, 1.165) is 24.2 Å². The number of unbranched alkanes of at least 4 members (excludes halogenated alkanes) is 2. The molecule has 0 aromatic heterocycles. The third-order valence-electron chi connectivity index (χ3n) is 4.52. The molecule has 1 saturated heterocycles. The van der Waals surface area contributed by atoms with E-state index in [1.54, 1.807) is 0 Å². The average molecular weight is 403 g/mol. The minimum Gasteiger partial charge on any atom is -0.300 e. The Morgan fingerprint density at radius 3 is 2.67 bits per heavy atom. The predicted molar refractivity (Wildman–Crippen MR) is 99.0 cm³/mol. The first kappa shape index (κ1) is 23.5. The van der Waals surface area contributed by atoms with Crippen LogP contribution in [0.25, 0.3) is 0 Å². The van der Waals surface area contributed by atoms with E-state index in [2.05, 4.69) is 11.1 Å². The first-order chi connectivity index (χ1) is 12.7. The summed E-state index contributed by atoms with van der Waals surface area (Å²) in [5, 5.41) is 0. The zero-order valence-electron chi connectivity index (χ0n) is 15.9. The summed E-state index contributed by atoms with van der Waals surface area (Å²) < 4.78 is 34.0. The Bertz CT molecular complexity index is 657. The summed E-state index contributed by atoms with van der Waals surface area (Å²) in [5.41, 5.74) is 0. The third-order valence-corrected chi connectivity index (χ3v) is 4.98. The molecule has 8 nitrogen and oxygen atoms in total. The van der Waals surface area contributed by atoms with Crippen LogP contribution < -0.4 is 0 Å². The second-order valence-corrected chi connectivity index (χ2v) is 7.86. The molecule has 9 heteroatoms. The lowest BCUT2D eigenvalue weighted by Gasteiger charge is -2.19. The third kappa shape index (κ3) is 8.77. The van der Waals surface area contributed by atoms with Gasteiger partial charge in [0.1, 0.15) is 5.78 Å².